The number of halogens is 2. The van der Waals surface area contributed by atoms with E-state index in [4.69, 9.17) is 27.9 Å². The molecule has 2 heterocycles. The van der Waals surface area contributed by atoms with Crippen LogP contribution in [0, 0.1) is 5.92 Å². The lowest BCUT2D eigenvalue weighted by Gasteiger charge is -2.26. The van der Waals surface area contributed by atoms with Gasteiger partial charge in [-0.3, -0.25) is 14.9 Å². The molecule has 0 spiro atoms. The zero-order chi connectivity index (χ0) is 20.3. The van der Waals surface area contributed by atoms with Crippen LogP contribution < -0.4 is 10.1 Å². The Hall–Kier alpha value is -1.83. The number of carbonyl (C=O) groups is 2. The van der Waals surface area contributed by atoms with Gasteiger partial charge in [-0.1, -0.05) is 48.4 Å². The number of fused-ring (bicyclic) bond motifs is 1. The third-order valence-electron chi connectivity index (χ3n) is 4.17. The van der Waals surface area contributed by atoms with Crippen molar-refractivity contribution in [1.82, 2.24) is 9.88 Å². The summed E-state index contributed by atoms with van der Waals surface area (Å²) in [6.07, 6.45) is 1.24. The number of hydrogen-bond donors (Lipinski definition) is 1. The second-order valence-corrected chi connectivity index (χ2v) is 8.89. The van der Waals surface area contributed by atoms with Crippen LogP contribution in [0.3, 0.4) is 0 Å². The summed E-state index contributed by atoms with van der Waals surface area (Å²) in [6.45, 7) is 5.07. The third kappa shape index (κ3) is 5.37. The van der Waals surface area contributed by atoms with Crippen molar-refractivity contribution < 1.29 is 14.3 Å². The van der Waals surface area contributed by atoms with Gasteiger partial charge in [-0.25, -0.2) is 4.98 Å². The highest BCUT2D eigenvalue weighted by Gasteiger charge is 2.24. The van der Waals surface area contributed by atoms with Gasteiger partial charge in [-0.2, -0.15) is 0 Å². The average Bonchev–Trinajstić information content (AvgIpc) is 3.03. The van der Waals surface area contributed by atoms with E-state index in [9.17, 15) is 9.59 Å². The summed E-state index contributed by atoms with van der Waals surface area (Å²) in [4.78, 5) is 31.8. The normalized spacial score (nSPS) is 13.4. The smallest absolute Gasteiger partial charge is 0.264 e. The van der Waals surface area contributed by atoms with E-state index < -0.39 is 0 Å². The quantitative estimate of drug-likeness (QED) is 0.720. The molecule has 2 amide bonds. The minimum atomic E-state index is -0.338. The van der Waals surface area contributed by atoms with E-state index >= 15 is 0 Å². The number of aromatic nitrogens is 1. The van der Waals surface area contributed by atoms with E-state index in [1.165, 1.54) is 11.3 Å². The SMILES string of the molecule is CC(C)CC(=O)N1CCc2nc(NC(=O)COc3cc(Cl)ccc3Cl)sc2C1. The monoisotopic (exact) mass is 441 g/mol. The lowest BCUT2D eigenvalue weighted by atomic mass is 10.1. The predicted molar refractivity (Wildman–Crippen MR) is 111 cm³/mol. The number of ether oxygens (including phenoxy) is 1. The average molecular weight is 442 g/mol. The van der Waals surface area contributed by atoms with Gasteiger partial charge in [0, 0.05) is 35.4 Å². The van der Waals surface area contributed by atoms with Crippen LogP contribution >= 0.6 is 34.5 Å². The number of hydrogen-bond acceptors (Lipinski definition) is 5. The number of nitrogens with one attached hydrogen (secondary N) is 1. The third-order valence-corrected chi connectivity index (χ3v) is 5.71. The number of benzene rings is 1. The van der Waals surface area contributed by atoms with Gasteiger partial charge in [-0.05, 0) is 18.1 Å². The molecule has 0 saturated carbocycles. The van der Waals surface area contributed by atoms with Gasteiger partial charge in [0.25, 0.3) is 5.91 Å². The van der Waals surface area contributed by atoms with E-state index in [2.05, 4.69) is 10.3 Å². The van der Waals surface area contributed by atoms with Crippen LogP contribution in [-0.4, -0.2) is 34.8 Å². The maximum Gasteiger partial charge on any atom is 0.264 e. The number of rotatable bonds is 6. The van der Waals surface area contributed by atoms with Gasteiger partial charge in [-0.15, -0.1) is 0 Å². The van der Waals surface area contributed by atoms with E-state index in [-0.39, 0.29) is 18.4 Å². The Morgan fingerprint density at radius 3 is 2.89 bits per heavy atom. The largest absolute Gasteiger partial charge is 0.482 e. The van der Waals surface area contributed by atoms with Crippen molar-refractivity contribution in [2.24, 2.45) is 5.92 Å². The Balaban J connectivity index is 1.56. The Morgan fingerprint density at radius 2 is 2.14 bits per heavy atom. The molecule has 0 aliphatic carbocycles. The zero-order valence-corrected chi connectivity index (χ0v) is 18.0. The fourth-order valence-corrected chi connectivity index (χ4v) is 4.20. The van der Waals surface area contributed by atoms with Crippen LogP contribution in [-0.2, 0) is 22.6 Å². The van der Waals surface area contributed by atoms with Crippen LogP contribution in [0.1, 0.15) is 30.8 Å². The van der Waals surface area contributed by atoms with Gasteiger partial charge >= 0.3 is 0 Å². The highest BCUT2D eigenvalue weighted by molar-refractivity contribution is 7.15. The van der Waals surface area contributed by atoms with Crippen molar-refractivity contribution in [2.75, 3.05) is 18.5 Å². The Kier molecular flexibility index (Phi) is 6.80. The van der Waals surface area contributed by atoms with E-state index in [1.807, 2.05) is 18.7 Å². The second kappa shape index (κ2) is 9.11. The molecule has 0 bridgehead atoms. The van der Waals surface area contributed by atoms with E-state index in [0.29, 0.717) is 52.8 Å². The first kappa shape index (κ1) is 20.9. The highest BCUT2D eigenvalue weighted by Crippen LogP contribution is 2.30. The van der Waals surface area contributed by atoms with Gasteiger partial charge < -0.3 is 9.64 Å². The van der Waals surface area contributed by atoms with Crippen molar-refractivity contribution in [3.8, 4) is 5.75 Å². The molecular formula is C19H21Cl2N3O3S. The van der Waals surface area contributed by atoms with Crippen LogP contribution in [0.15, 0.2) is 18.2 Å². The molecule has 0 fully saturated rings. The minimum absolute atomic E-state index is 0.159. The first-order valence-corrected chi connectivity index (χ1v) is 10.5. The van der Waals surface area contributed by atoms with Crippen molar-refractivity contribution in [1.29, 1.82) is 0 Å². The molecule has 2 aromatic rings. The number of thiazole rings is 1. The first-order chi connectivity index (χ1) is 13.3. The lowest BCUT2D eigenvalue weighted by molar-refractivity contribution is -0.132. The van der Waals surface area contributed by atoms with Crippen molar-refractivity contribution >= 4 is 51.5 Å². The number of carbonyl (C=O) groups excluding carboxylic acids is 2. The molecule has 0 unspecified atom stereocenters. The predicted octanol–water partition coefficient (Wildman–Crippen LogP) is 4.40. The first-order valence-electron chi connectivity index (χ1n) is 8.96. The topological polar surface area (TPSA) is 71.5 Å². The molecular weight excluding hydrogens is 421 g/mol. The molecule has 0 atom stereocenters. The summed E-state index contributed by atoms with van der Waals surface area (Å²) in [5, 5.41) is 4.11. The second-order valence-electron chi connectivity index (χ2n) is 6.96. The zero-order valence-electron chi connectivity index (χ0n) is 15.6. The summed E-state index contributed by atoms with van der Waals surface area (Å²) in [5.74, 6) is 0.501. The molecule has 28 heavy (non-hydrogen) atoms. The van der Waals surface area contributed by atoms with Crippen LogP contribution in [0.2, 0.25) is 10.0 Å². The molecule has 3 rings (SSSR count). The van der Waals surface area contributed by atoms with Gasteiger partial charge in [0.15, 0.2) is 11.7 Å². The Morgan fingerprint density at radius 1 is 1.36 bits per heavy atom. The van der Waals surface area contributed by atoms with E-state index in [1.54, 1.807) is 18.2 Å². The summed E-state index contributed by atoms with van der Waals surface area (Å²) < 4.78 is 5.43. The molecule has 0 saturated heterocycles. The maximum atomic E-state index is 12.3. The number of amides is 2. The standard InChI is InChI=1S/C19H21Cl2N3O3S/c1-11(2)7-18(26)24-6-5-14-16(9-24)28-19(22-14)23-17(25)10-27-15-8-12(20)3-4-13(15)21/h3-4,8,11H,5-7,9-10H2,1-2H3,(H,22,23,25). The molecule has 1 aromatic heterocycles. The number of anilines is 1. The Labute approximate surface area is 177 Å². The molecule has 1 aromatic carbocycles. The molecule has 6 nitrogen and oxygen atoms in total. The minimum Gasteiger partial charge on any atom is -0.482 e. The van der Waals surface area contributed by atoms with E-state index in [0.717, 1.165) is 10.6 Å². The summed E-state index contributed by atoms with van der Waals surface area (Å²) in [6, 6.07) is 4.81. The Bertz CT molecular complexity index is 885. The van der Waals surface area contributed by atoms with Crippen molar-refractivity contribution in [2.45, 2.75) is 33.2 Å². The van der Waals surface area contributed by atoms with Gasteiger partial charge in [0.1, 0.15) is 5.75 Å². The van der Waals surface area contributed by atoms with Gasteiger partial charge in [0.05, 0.1) is 17.3 Å². The number of nitrogens with zero attached hydrogens (tertiary/aromatic N) is 2. The lowest BCUT2D eigenvalue weighted by Crippen LogP contribution is -2.36. The van der Waals surface area contributed by atoms with Crippen molar-refractivity contribution in [3.63, 3.8) is 0 Å². The molecule has 1 aliphatic rings. The van der Waals surface area contributed by atoms with Crippen LogP contribution in [0.5, 0.6) is 5.75 Å². The molecule has 0 radical (unpaired) electrons. The fourth-order valence-electron chi connectivity index (χ4n) is 2.83. The molecule has 9 heteroatoms. The molecule has 150 valence electrons. The van der Waals surface area contributed by atoms with Crippen LogP contribution in [0.4, 0.5) is 5.13 Å². The summed E-state index contributed by atoms with van der Waals surface area (Å²) in [7, 11) is 0. The summed E-state index contributed by atoms with van der Waals surface area (Å²) in [5.41, 5.74) is 0.938. The fraction of sp³-hybridized carbons (Fsp3) is 0.421. The van der Waals surface area contributed by atoms with Gasteiger partial charge in [0.2, 0.25) is 5.91 Å². The maximum absolute atomic E-state index is 12.3. The van der Waals surface area contributed by atoms with Crippen LogP contribution in [0.25, 0.3) is 0 Å². The summed E-state index contributed by atoms with van der Waals surface area (Å²) >= 11 is 13.3. The van der Waals surface area contributed by atoms with Crippen molar-refractivity contribution in [3.05, 3.63) is 38.8 Å². The molecule has 1 N–H and O–H groups in total. The molecule has 1 aliphatic heterocycles. The highest BCUT2D eigenvalue weighted by atomic mass is 35.5.